The van der Waals surface area contributed by atoms with Crippen LogP contribution in [0.5, 0.6) is 5.75 Å². The van der Waals surface area contributed by atoms with Gasteiger partial charge in [-0.25, -0.2) is 13.1 Å². The number of amides is 1. The minimum atomic E-state index is -3.46. The lowest BCUT2D eigenvalue weighted by molar-refractivity contribution is 0.0956. The van der Waals surface area contributed by atoms with Gasteiger partial charge >= 0.3 is 0 Å². The second-order valence-electron chi connectivity index (χ2n) is 6.93. The zero-order valence-electron chi connectivity index (χ0n) is 15.8. The predicted octanol–water partition coefficient (Wildman–Crippen LogP) is 2.86. The molecule has 0 saturated heterocycles. The molecular weight excluding hydrogens is 376 g/mol. The summed E-state index contributed by atoms with van der Waals surface area (Å²) in [6.07, 6.45) is 4.83. The van der Waals surface area contributed by atoms with Gasteiger partial charge in [0.2, 0.25) is 10.0 Å². The quantitative estimate of drug-likeness (QED) is 0.675. The smallest absolute Gasteiger partial charge is 0.251 e. The summed E-state index contributed by atoms with van der Waals surface area (Å²) in [4.78, 5) is 12.2. The Morgan fingerprint density at radius 1 is 1.00 bits per heavy atom. The number of carbonyl (C=O) groups excluding carboxylic acids is 1. The zero-order valence-corrected chi connectivity index (χ0v) is 16.6. The van der Waals surface area contributed by atoms with Crippen LogP contribution in [0.3, 0.4) is 0 Å². The van der Waals surface area contributed by atoms with Crippen LogP contribution in [-0.4, -0.2) is 32.7 Å². The Kier molecular flexibility index (Phi) is 7.06. The number of nitrogens with one attached hydrogen (secondary N) is 2. The molecule has 2 aromatic carbocycles. The Labute approximate surface area is 166 Å². The molecule has 1 aliphatic rings. The summed E-state index contributed by atoms with van der Waals surface area (Å²) in [6.45, 7) is 0.281. The normalized spacial score (nSPS) is 14.7. The van der Waals surface area contributed by atoms with E-state index in [1.807, 2.05) is 30.3 Å². The maximum atomic E-state index is 12.2. The first kappa shape index (κ1) is 20.4. The van der Waals surface area contributed by atoms with E-state index in [1.54, 1.807) is 24.3 Å². The molecule has 7 heteroatoms. The van der Waals surface area contributed by atoms with Crippen LogP contribution in [-0.2, 0) is 16.6 Å². The molecule has 1 aliphatic carbocycles. The van der Waals surface area contributed by atoms with E-state index >= 15 is 0 Å². The van der Waals surface area contributed by atoms with E-state index in [1.165, 1.54) is 12.8 Å². The molecule has 1 fully saturated rings. The van der Waals surface area contributed by atoms with Crippen molar-refractivity contribution < 1.29 is 17.9 Å². The van der Waals surface area contributed by atoms with E-state index in [0.717, 1.165) is 24.2 Å². The maximum Gasteiger partial charge on any atom is 0.251 e. The van der Waals surface area contributed by atoms with Crippen LogP contribution >= 0.6 is 0 Å². The van der Waals surface area contributed by atoms with Crippen molar-refractivity contribution in [2.75, 3.05) is 12.3 Å². The third-order valence-corrected chi connectivity index (χ3v) is 6.04. The molecule has 0 spiro atoms. The van der Waals surface area contributed by atoms with Crippen LogP contribution in [0, 0.1) is 0 Å². The molecule has 0 atom stereocenters. The monoisotopic (exact) mass is 402 g/mol. The lowest BCUT2D eigenvalue weighted by atomic mass is 10.2. The van der Waals surface area contributed by atoms with Crippen LogP contribution in [0.2, 0.25) is 0 Å². The summed E-state index contributed by atoms with van der Waals surface area (Å²) >= 11 is 0. The van der Waals surface area contributed by atoms with Crippen LogP contribution in [0.4, 0.5) is 0 Å². The molecule has 2 aromatic rings. The summed E-state index contributed by atoms with van der Waals surface area (Å²) < 4.78 is 32.5. The fourth-order valence-corrected chi connectivity index (χ4v) is 4.05. The Morgan fingerprint density at radius 2 is 1.68 bits per heavy atom. The first-order valence-corrected chi connectivity index (χ1v) is 11.2. The van der Waals surface area contributed by atoms with Crippen LogP contribution in [0.1, 0.15) is 41.6 Å². The molecule has 0 unspecified atom stereocenters. The molecule has 0 radical (unpaired) electrons. The van der Waals surface area contributed by atoms with Gasteiger partial charge in [0.1, 0.15) is 5.75 Å². The first-order valence-electron chi connectivity index (χ1n) is 9.58. The molecule has 0 bridgehead atoms. The highest BCUT2D eigenvalue weighted by molar-refractivity contribution is 7.89. The molecule has 28 heavy (non-hydrogen) atoms. The van der Waals surface area contributed by atoms with Crippen LogP contribution in [0.25, 0.3) is 0 Å². The number of hydrogen-bond acceptors (Lipinski definition) is 4. The van der Waals surface area contributed by atoms with Gasteiger partial charge in [-0.15, -0.1) is 0 Å². The van der Waals surface area contributed by atoms with Crippen LogP contribution < -0.4 is 14.8 Å². The molecule has 3 rings (SSSR count). The van der Waals surface area contributed by atoms with Gasteiger partial charge in [0.15, 0.2) is 0 Å². The molecule has 150 valence electrons. The van der Waals surface area contributed by atoms with E-state index < -0.39 is 10.0 Å². The standard InChI is InChI=1S/C21H26N2O4S/c24-21(18-10-12-20(13-11-18)27-19-8-4-5-9-19)22-14-15-28(25,26)23-16-17-6-2-1-3-7-17/h1-3,6-7,10-13,19,23H,4-5,8-9,14-16H2,(H,22,24). The number of rotatable bonds is 9. The third kappa shape index (κ3) is 6.35. The van der Waals surface area contributed by atoms with Gasteiger partial charge in [-0.05, 0) is 55.5 Å². The van der Waals surface area contributed by atoms with Crippen molar-refractivity contribution in [2.24, 2.45) is 0 Å². The fourth-order valence-electron chi connectivity index (χ4n) is 3.15. The van der Waals surface area contributed by atoms with Crippen molar-refractivity contribution in [3.05, 3.63) is 65.7 Å². The van der Waals surface area contributed by atoms with Gasteiger partial charge in [0, 0.05) is 18.7 Å². The predicted molar refractivity (Wildman–Crippen MR) is 109 cm³/mol. The molecule has 2 N–H and O–H groups in total. The number of hydrogen-bond donors (Lipinski definition) is 2. The minimum absolute atomic E-state index is 0.0449. The third-order valence-electron chi connectivity index (χ3n) is 4.72. The lowest BCUT2D eigenvalue weighted by Crippen LogP contribution is -2.34. The largest absolute Gasteiger partial charge is 0.490 e. The van der Waals surface area contributed by atoms with Crippen molar-refractivity contribution >= 4 is 15.9 Å². The van der Waals surface area contributed by atoms with E-state index in [4.69, 9.17) is 4.74 Å². The SMILES string of the molecule is O=C(NCCS(=O)(=O)NCc1ccccc1)c1ccc(OC2CCCC2)cc1. The van der Waals surface area contributed by atoms with Crippen molar-refractivity contribution in [1.82, 2.24) is 10.0 Å². The molecule has 1 amide bonds. The fraction of sp³-hybridized carbons (Fsp3) is 0.381. The first-order chi connectivity index (χ1) is 13.5. The summed E-state index contributed by atoms with van der Waals surface area (Å²) in [5, 5.41) is 2.65. The van der Waals surface area contributed by atoms with Gasteiger partial charge in [-0.2, -0.15) is 0 Å². The Hall–Kier alpha value is -2.38. The lowest BCUT2D eigenvalue weighted by Gasteiger charge is -2.13. The number of ether oxygens (including phenoxy) is 1. The second-order valence-corrected chi connectivity index (χ2v) is 8.86. The molecule has 6 nitrogen and oxygen atoms in total. The summed E-state index contributed by atoms with van der Waals surface area (Å²) in [5.74, 6) is 0.288. The summed E-state index contributed by atoms with van der Waals surface area (Å²) in [6, 6.07) is 16.2. The molecule has 0 heterocycles. The molecular formula is C21H26N2O4S. The number of carbonyl (C=O) groups is 1. The highest BCUT2D eigenvalue weighted by Gasteiger charge is 2.17. The van der Waals surface area contributed by atoms with Gasteiger partial charge in [-0.3, -0.25) is 4.79 Å². The van der Waals surface area contributed by atoms with Crippen LogP contribution in [0.15, 0.2) is 54.6 Å². The average molecular weight is 403 g/mol. The number of benzene rings is 2. The minimum Gasteiger partial charge on any atom is -0.490 e. The maximum absolute atomic E-state index is 12.2. The summed E-state index contributed by atoms with van der Waals surface area (Å²) in [5.41, 5.74) is 1.36. The van der Waals surface area contributed by atoms with E-state index in [2.05, 4.69) is 10.0 Å². The van der Waals surface area contributed by atoms with E-state index in [9.17, 15) is 13.2 Å². The summed E-state index contributed by atoms with van der Waals surface area (Å²) in [7, 11) is -3.46. The van der Waals surface area contributed by atoms with E-state index in [-0.39, 0.29) is 30.9 Å². The Morgan fingerprint density at radius 3 is 2.36 bits per heavy atom. The topological polar surface area (TPSA) is 84.5 Å². The highest BCUT2D eigenvalue weighted by Crippen LogP contribution is 2.24. The van der Waals surface area contributed by atoms with Crippen molar-refractivity contribution in [3.8, 4) is 5.75 Å². The number of sulfonamides is 1. The molecule has 1 saturated carbocycles. The second kappa shape index (κ2) is 9.71. The zero-order chi connectivity index (χ0) is 19.8. The van der Waals surface area contributed by atoms with Gasteiger partial charge in [0.25, 0.3) is 5.91 Å². The van der Waals surface area contributed by atoms with Gasteiger partial charge in [0.05, 0.1) is 11.9 Å². The van der Waals surface area contributed by atoms with Gasteiger partial charge < -0.3 is 10.1 Å². The average Bonchev–Trinajstić information content (AvgIpc) is 3.21. The van der Waals surface area contributed by atoms with Crippen molar-refractivity contribution in [3.63, 3.8) is 0 Å². The molecule has 0 aliphatic heterocycles. The van der Waals surface area contributed by atoms with Crippen molar-refractivity contribution in [1.29, 1.82) is 0 Å². The molecule has 0 aromatic heterocycles. The van der Waals surface area contributed by atoms with E-state index in [0.29, 0.717) is 5.56 Å². The Bertz CT molecular complexity index is 861. The van der Waals surface area contributed by atoms with Crippen molar-refractivity contribution in [2.45, 2.75) is 38.3 Å². The highest BCUT2D eigenvalue weighted by atomic mass is 32.2. The Balaban J connectivity index is 1.41. The van der Waals surface area contributed by atoms with Gasteiger partial charge in [-0.1, -0.05) is 30.3 Å².